The quantitative estimate of drug-likeness (QED) is 0.701. The zero-order valence-electron chi connectivity index (χ0n) is 15.5. The van der Waals surface area contributed by atoms with Crippen LogP contribution in [-0.2, 0) is 23.1 Å². The molecule has 2 heterocycles. The van der Waals surface area contributed by atoms with Gasteiger partial charge in [0, 0.05) is 12.8 Å². The summed E-state index contributed by atoms with van der Waals surface area (Å²) in [6.45, 7) is 5.38. The molecule has 1 aromatic rings. The fraction of sp³-hybridized carbons (Fsp3) is 0.684. The lowest BCUT2D eigenvalue weighted by atomic mass is 9.88. The molecule has 2 saturated heterocycles. The van der Waals surface area contributed by atoms with Crippen LogP contribution in [0.2, 0.25) is 0 Å². The van der Waals surface area contributed by atoms with Crippen LogP contribution < -0.4 is 4.52 Å². The molecule has 0 unspecified atom stereocenters. The minimum Gasteiger partial charge on any atom is -0.404 e. The summed E-state index contributed by atoms with van der Waals surface area (Å²) < 4.78 is 41.8. The van der Waals surface area contributed by atoms with E-state index >= 15 is 0 Å². The second-order valence-corrected chi connectivity index (χ2v) is 9.50. The first-order valence-electron chi connectivity index (χ1n) is 9.36. The monoisotopic (exact) mass is 382 g/mol. The standard InChI is InChI=1S/C19H27O6P/c1-15-6-7-17(16(2)10-15)25-26(20)23-13-18(14-24-26)11-21-19(22-12-18)8-4-3-5-9-19/h6-7,10H,3-5,8-9,11-14H2,1-2H3. The predicted molar refractivity (Wildman–Crippen MR) is 96.2 cm³/mol. The summed E-state index contributed by atoms with van der Waals surface area (Å²) in [7, 11) is -3.62. The first-order chi connectivity index (χ1) is 12.4. The van der Waals surface area contributed by atoms with E-state index in [4.69, 9.17) is 23.0 Å². The molecule has 0 N–H and O–H groups in total. The van der Waals surface area contributed by atoms with Gasteiger partial charge in [-0.3, -0.25) is 9.05 Å². The fourth-order valence-corrected chi connectivity index (χ4v) is 5.27. The van der Waals surface area contributed by atoms with Crippen molar-refractivity contribution < 1.29 is 27.6 Å². The minimum absolute atomic E-state index is 0.241. The van der Waals surface area contributed by atoms with Gasteiger partial charge in [0.15, 0.2) is 5.79 Å². The lowest BCUT2D eigenvalue weighted by molar-refractivity contribution is -0.324. The van der Waals surface area contributed by atoms with Crippen molar-refractivity contribution in [1.29, 1.82) is 0 Å². The van der Waals surface area contributed by atoms with Gasteiger partial charge in [0.2, 0.25) is 0 Å². The van der Waals surface area contributed by atoms with Gasteiger partial charge in [0.1, 0.15) is 5.75 Å². The van der Waals surface area contributed by atoms with Crippen molar-refractivity contribution in [3.05, 3.63) is 29.3 Å². The van der Waals surface area contributed by atoms with Crippen LogP contribution in [0.4, 0.5) is 0 Å². The van der Waals surface area contributed by atoms with E-state index in [0.29, 0.717) is 19.0 Å². The summed E-state index contributed by atoms with van der Waals surface area (Å²) in [4.78, 5) is 0. The van der Waals surface area contributed by atoms with Crippen molar-refractivity contribution in [2.24, 2.45) is 5.41 Å². The largest absolute Gasteiger partial charge is 0.530 e. The SMILES string of the molecule is Cc1ccc(OP2(=O)OCC3(COC4(CCCCC4)OC3)CO2)c(C)c1. The van der Waals surface area contributed by atoms with E-state index in [1.807, 2.05) is 26.0 Å². The Morgan fingerprint density at radius 3 is 2.23 bits per heavy atom. The van der Waals surface area contributed by atoms with Gasteiger partial charge >= 0.3 is 7.82 Å². The maximum Gasteiger partial charge on any atom is 0.530 e. The van der Waals surface area contributed by atoms with E-state index in [1.54, 1.807) is 6.07 Å². The second-order valence-electron chi connectivity index (χ2n) is 7.90. The Labute approximate surface area is 154 Å². The van der Waals surface area contributed by atoms with Crippen LogP contribution in [-0.4, -0.2) is 32.2 Å². The Hall–Kier alpha value is -0.910. The maximum atomic E-state index is 12.8. The Kier molecular flexibility index (Phi) is 4.91. The molecule has 2 aliphatic heterocycles. The molecule has 0 amide bonds. The normalized spacial score (nSPS) is 26.7. The van der Waals surface area contributed by atoms with Crippen molar-refractivity contribution in [2.75, 3.05) is 26.4 Å². The van der Waals surface area contributed by atoms with Gasteiger partial charge in [-0.25, -0.2) is 4.57 Å². The Bertz CT molecular complexity index is 688. The molecule has 1 saturated carbocycles. The number of benzene rings is 1. The van der Waals surface area contributed by atoms with E-state index in [1.165, 1.54) is 6.42 Å². The second kappa shape index (κ2) is 6.92. The third-order valence-corrected chi connectivity index (χ3v) is 6.81. The van der Waals surface area contributed by atoms with Crippen molar-refractivity contribution >= 4 is 7.82 Å². The van der Waals surface area contributed by atoms with E-state index in [9.17, 15) is 4.57 Å². The van der Waals surface area contributed by atoms with Crippen LogP contribution in [0, 0.1) is 19.3 Å². The molecular formula is C19H27O6P. The average Bonchev–Trinajstić information content (AvgIpc) is 2.64. The molecule has 0 atom stereocenters. The Morgan fingerprint density at radius 2 is 1.62 bits per heavy atom. The van der Waals surface area contributed by atoms with Gasteiger partial charge in [-0.2, -0.15) is 0 Å². The summed E-state index contributed by atoms with van der Waals surface area (Å²) in [5.41, 5.74) is 1.60. The molecule has 2 spiro atoms. The summed E-state index contributed by atoms with van der Waals surface area (Å²) in [5, 5.41) is 0. The minimum atomic E-state index is -3.62. The van der Waals surface area contributed by atoms with Gasteiger partial charge in [-0.1, -0.05) is 24.1 Å². The van der Waals surface area contributed by atoms with Crippen LogP contribution in [0.25, 0.3) is 0 Å². The summed E-state index contributed by atoms with van der Waals surface area (Å²) in [6, 6.07) is 5.67. The zero-order chi connectivity index (χ0) is 18.3. The molecule has 26 heavy (non-hydrogen) atoms. The van der Waals surface area contributed by atoms with Gasteiger partial charge in [0.25, 0.3) is 0 Å². The molecule has 3 fully saturated rings. The third-order valence-electron chi connectivity index (χ3n) is 5.50. The highest BCUT2D eigenvalue weighted by Gasteiger charge is 2.51. The molecule has 0 radical (unpaired) electrons. The first-order valence-corrected chi connectivity index (χ1v) is 10.8. The van der Waals surface area contributed by atoms with Crippen LogP contribution in [0.1, 0.15) is 43.2 Å². The molecule has 0 aromatic heterocycles. The number of aryl methyl sites for hydroxylation is 2. The molecule has 4 rings (SSSR count). The molecule has 144 valence electrons. The smallest absolute Gasteiger partial charge is 0.404 e. The number of phosphoric ester groups is 1. The number of phosphoric acid groups is 1. The highest BCUT2D eigenvalue weighted by Crippen LogP contribution is 2.56. The Morgan fingerprint density at radius 1 is 0.962 bits per heavy atom. The van der Waals surface area contributed by atoms with Gasteiger partial charge < -0.3 is 14.0 Å². The molecule has 1 aliphatic carbocycles. The summed E-state index contributed by atoms with van der Waals surface area (Å²) in [6.07, 6.45) is 5.40. The molecular weight excluding hydrogens is 355 g/mol. The number of rotatable bonds is 2. The number of hydrogen-bond donors (Lipinski definition) is 0. The average molecular weight is 382 g/mol. The van der Waals surface area contributed by atoms with Crippen LogP contribution in [0.5, 0.6) is 5.75 Å². The van der Waals surface area contributed by atoms with Gasteiger partial charge in [-0.05, 0) is 38.3 Å². The van der Waals surface area contributed by atoms with Crippen LogP contribution in [0.3, 0.4) is 0 Å². The third kappa shape index (κ3) is 3.71. The lowest BCUT2D eigenvalue weighted by Crippen LogP contribution is -2.55. The Balaban J connectivity index is 1.37. The van der Waals surface area contributed by atoms with Crippen molar-refractivity contribution in [3.8, 4) is 5.75 Å². The fourth-order valence-electron chi connectivity index (χ4n) is 3.78. The summed E-state index contributed by atoms with van der Waals surface area (Å²) >= 11 is 0. The first kappa shape index (κ1) is 18.5. The predicted octanol–water partition coefficient (Wildman–Crippen LogP) is 4.53. The number of ether oxygens (including phenoxy) is 2. The van der Waals surface area contributed by atoms with Crippen molar-refractivity contribution in [1.82, 2.24) is 0 Å². The van der Waals surface area contributed by atoms with E-state index in [0.717, 1.165) is 36.8 Å². The van der Waals surface area contributed by atoms with Crippen LogP contribution in [0.15, 0.2) is 18.2 Å². The summed E-state index contributed by atoms with van der Waals surface area (Å²) in [5.74, 6) is 0.0901. The topological polar surface area (TPSA) is 63.2 Å². The zero-order valence-corrected chi connectivity index (χ0v) is 16.4. The number of hydrogen-bond acceptors (Lipinski definition) is 6. The molecule has 1 aromatic carbocycles. The van der Waals surface area contributed by atoms with E-state index in [-0.39, 0.29) is 13.2 Å². The lowest BCUT2D eigenvalue weighted by Gasteiger charge is -2.48. The van der Waals surface area contributed by atoms with Crippen LogP contribution >= 0.6 is 7.82 Å². The molecule has 6 nitrogen and oxygen atoms in total. The highest BCUT2D eigenvalue weighted by atomic mass is 31.2. The molecule has 7 heteroatoms. The molecule has 0 bridgehead atoms. The highest BCUT2D eigenvalue weighted by molar-refractivity contribution is 7.49. The molecule has 3 aliphatic rings. The van der Waals surface area contributed by atoms with E-state index in [2.05, 4.69) is 0 Å². The van der Waals surface area contributed by atoms with Crippen molar-refractivity contribution in [2.45, 2.75) is 51.7 Å². The maximum absolute atomic E-state index is 12.8. The van der Waals surface area contributed by atoms with E-state index < -0.39 is 19.0 Å². The van der Waals surface area contributed by atoms with Crippen molar-refractivity contribution in [3.63, 3.8) is 0 Å². The van der Waals surface area contributed by atoms with Gasteiger partial charge in [0.05, 0.1) is 31.8 Å². The van der Waals surface area contributed by atoms with Gasteiger partial charge in [-0.15, -0.1) is 0 Å².